The molecule has 12 aromatic carbocycles. The SMILES string of the molecule is [C-]#[N+]c1c(-n2c3ccccc3c3c4c(ccc32)oc2ccccc24)c(C#N)c(-c2cccc3c2sc2ccccc23)c(-n2c3ccccc3c3c4c(ccc32)oc2ccccc24)c1-n1c2ccccc2c2c3c(ccc21)oc1ccccc13. The summed E-state index contributed by atoms with van der Waals surface area (Å²) < 4.78 is 29.0. The molecule has 0 spiro atoms. The normalized spacial score (nSPS) is 12.3. The molecule has 19 aromatic rings. The van der Waals surface area contributed by atoms with Crippen molar-refractivity contribution in [3.63, 3.8) is 0 Å². The van der Waals surface area contributed by atoms with Crippen molar-refractivity contribution in [3.05, 3.63) is 241 Å². The lowest BCUT2D eigenvalue weighted by molar-refractivity contribution is 0.669. The summed E-state index contributed by atoms with van der Waals surface area (Å²) in [6.45, 7) is 10.0. The number of hydrogen-bond donors (Lipinski definition) is 0. The van der Waals surface area contributed by atoms with E-state index < -0.39 is 0 Å². The average molecular weight is 1080 g/mol. The van der Waals surface area contributed by atoms with Gasteiger partial charge in [-0.15, -0.1) is 11.3 Å². The molecule has 7 aromatic heterocycles. The number of thiophene rings is 1. The van der Waals surface area contributed by atoms with Gasteiger partial charge >= 0.3 is 0 Å². The molecule has 19 rings (SSSR count). The molecule has 0 bridgehead atoms. The highest BCUT2D eigenvalue weighted by Gasteiger charge is 2.35. The highest BCUT2D eigenvalue weighted by molar-refractivity contribution is 7.26. The zero-order chi connectivity index (χ0) is 54.3. The average Bonchev–Trinajstić information content (AvgIpc) is 2.35. The second-order valence-corrected chi connectivity index (χ2v) is 22.6. The molecule has 0 saturated carbocycles. The van der Waals surface area contributed by atoms with Crippen LogP contribution in [0.25, 0.3) is 184 Å². The molecule has 0 N–H and O–H groups in total. The second kappa shape index (κ2) is 16.2. The van der Waals surface area contributed by atoms with Gasteiger partial charge in [0, 0.05) is 95.9 Å². The number of nitrogens with zero attached hydrogens (tertiary/aromatic N) is 5. The lowest BCUT2D eigenvalue weighted by Crippen LogP contribution is -2.11. The van der Waals surface area contributed by atoms with Crippen molar-refractivity contribution < 1.29 is 13.3 Å². The number of fused-ring (bicyclic) bond motifs is 24. The highest BCUT2D eigenvalue weighted by Crippen LogP contribution is 2.56. The fraction of sp³-hybridized carbons (Fsp3) is 0. The summed E-state index contributed by atoms with van der Waals surface area (Å²) in [6.07, 6.45) is 0. The summed E-state index contributed by atoms with van der Waals surface area (Å²) >= 11 is 1.73. The zero-order valence-electron chi connectivity index (χ0n) is 43.7. The fourth-order valence-electron chi connectivity index (χ4n) is 14.3. The molecule has 0 radical (unpaired) electrons. The second-order valence-electron chi connectivity index (χ2n) is 21.5. The van der Waals surface area contributed by atoms with Crippen molar-refractivity contribution in [2.45, 2.75) is 0 Å². The summed E-state index contributed by atoms with van der Waals surface area (Å²) in [5, 5.41) is 26.9. The van der Waals surface area contributed by atoms with Crippen molar-refractivity contribution in [2.24, 2.45) is 0 Å². The molecule has 0 aliphatic carbocycles. The molecule has 0 amide bonds. The van der Waals surface area contributed by atoms with Crippen LogP contribution in [0.4, 0.5) is 5.69 Å². The third-order valence-electron chi connectivity index (χ3n) is 17.5. The topological polar surface area (TPSA) is 82.4 Å². The van der Waals surface area contributed by atoms with Gasteiger partial charge < -0.3 is 27.0 Å². The van der Waals surface area contributed by atoms with Crippen LogP contribution in [0.2, 0.25) is 0 Å². The van der Waals surface area contributed by atoms with Crippen LogP contribution in [0.1, 0.15) is 5.56 Å². The predicted molar refractivity (Wildman–Crippen MR) is 341 cm³/mol. The lowest BCUT2D eigenvalue weighted by Gasteiger charge is -2.27. The van der Waals surface area contributed by atoms with Gasteiger partial charge in [-0.1, -0.05) is 146 Å². The van der Waals surface area contributed by atoms with Crippen molar-refractivity contribution in [3.8, 4) is 34.3 Å². The first-order chi connectivity index (χ1) is 41.1. The van der Waals surface area contributed by atoms with Crippen LogP contribution in [0.5, 0.6) is 0 Å². The molecule has 0 atom stereocenters. The maximum atomic E-state index is 12.7. The minimum atomic E-state index is 0.309. The first kappa shape index (κ1) is 44.5. The van der Waals surface area contributed by atoms with Gasteiger partial charge in [-0.25, -0.2) is 4.85 Å². The molecule has 83 heavy (non-hydrogen) atoms. The van der Waals surface area contributed by atoms with Crippen LogP contribution >= 0.6 is 11.3 Å². The Morgan fingerprint density at radius 2 is 0.747 bits per heavy atom. The third-order valence-corrected chi connectivity index (χ3v) is 18.7. The van der Waals surface area contributed by atoms with Crippen molar-refractivity contribution in [1.29, 1.82) is 5.26 Å². The standard InChI is InChI=1S/C74H37N5O3S/c1-76-70-71(77-50-26-9-2-18-42(50)64-53(77)33-36-59-67(64)45-21-5-12-29-56(45)80-59)49(39-75)63(48-25-16-24-41-40-17-8-15-32-62(40)83-74(41)48)72(78-51-27-10-3-19-43(51)65-54(78)34-37-60-68(65)46-22-6-13-30-57(46)81-60)73(70)79-52-28-11-4-20-44(52)66-55(79)35-38-61-69(66)47-23-7-14-31-58(47)82-61/h2-38H. The minimum Gasteiger partial charge on any atom is -0.456 e. The minimum absolute atomic E-state index is 0.309. The van der Waals surface area contributed by atoms with Crippen LogP contribution in [-0.2, 0) is 0 Å². The van der Waals surface area contributed by atoms with Crippen LogP contribution in [0.15, 0.2) is 238 Å². The van der Waals surface area contributed by atoms with Gasteiger partial charge in [0.2, 0.25) is 5.69 Å². The van der Waals surface area contributed by atoms with E-state index in [0.717, 1.165) is 157 Å². The Kier molecular flexibility index (Phi) is 8.66. The van der Waals surface area contributed by atoms with E-state index in [-0.39, 0.29) is 0 Å². The van der Waals surface area contributed by atoms with E-state index in [2.05, 4.69) is 190 Å². The summed E-state index contributed by atoms with van der Waals surface area (Å²) in [6, 6.07) is 80.7. The van der Waals surface area contributed by atoms with E-state index in [1.54, 1.807) is 11.3 Å². The Bertz CT molecular complexity index is 6240. The smallest absolute Gasteiger partial charge is 0.237 e. The number of nitriles is 1. The van der Waals surface area contributed by atoms with Crippen LogP contribution in [0, 0.1) is 17.9 Å². The van der Waals surface area contributed by atoms with E-state index in [0.29, 0.717) is 33.9 Å². The van der Waals surface area contributed by atoms with Crippen molar-refractivity contribution >= 4 is 168 Å². The largest absolute Gasteiger partial charge is 0.456 e. The maximum Gasteiger partial charge on any atom is 0.237 e. The molecule has 0 aliphatic rings. The quantitative estimate of drug-likeness (QED) is 0.164. The Labute approximate surface area is 473 Å². The van der Waals surface area contributed by atoms with E-state index in [1.165, 1.54) is 0 Å². The molecule has 0 fully saturated rings. The summed E-state index contributed by atoms with van der Waals surface area (Å²) in [4.78, 5) is 4.86. The molecule has 382 valence electrons. The van der Waals surface area contributed by atoms with E-state index >= 15 is 0 Å². The van der Waals surface area contributed by atoms with Crippen LogP contribution < -0.4 is 0 Å². The van der Waals surface area contributed by atoms with Crippen LogP contribution in [-0.4, -0.2) is 13.7 Å². The van der Waals surface area contributed by atoms with Crippen molar-refractivity contribution in [2.75, 3.05) is 0 Å². The van der Waals surface area contributed by atoms with E-state index in [1.807, 2.05) is 54.6 Å². The van der Waals surface area contributed by atoms with Gasteiger partial charge in [0.15, 0.2) is 0 Å². The number of benzene rings is 12. The van der Waals surface area contributed by atoms with Gasteiger partial charge in [-0.05, 0) is 78.9 Å². The molecule has 0 saturated heterocycles. The lowest BCUT2D eigenvalue weighted by atomic mass is 9.92. The molecule has 0 unspecified atom stereocenters. The van der Waals surface area contributed by atoms with Gasteiger partial charge in [0.25, 0.3) is 0 Å². The summed E-state index contributed by atoms with van der Waals surface area (Å²) in [7, 11) is 0. The molecular weight excluding hydrogens is 1040 g/mol. The van der Waals surface area contributed by atoms with Gasteiger partial charge in [-0.2, -0.15) is 5.26 Å². The molecular formula is C74H37N5O3S. The number of para-hydroxylation sites is 6. The Balaban J connectivity index is 1.11. The highest BCUT2D eigenvalue weighted by atomic mass is 32.1. The van der Waals surface area contributed by atoms with Crippen LogP contribution in [0.3, 0.4) is 0 Å². The Morgan fingerprint density at radius 3 is 1.22 bits per heavy atom. The Hall–Kier alpha value is -11.4. The molecule has 9 heteroatoms. The van der Waals surface area contributed by atoms with Gasteiger partial charge in [0.1, 0.15) is 39.6 Å². The van der Waals surface area contributed by atoms with Gasteiger partial charge in [-0.3, -0.25) is 0 Å². The predicted octanol–water partition coefficient (Wildman–Crippen LogP) is 21.1. The number of furan rings is 3. The number of rotatable bonds is 4. The first-order valence-electron chi connectivity index (χ1n) is 27.6. The third kappa shape index (κ3) is 5.65. The maximum absolute atomic E-state index is 12.7. The van der Waals surface area contributed by atoms with E-state index in [9.17, 15) is 11.8 Å². The number of hydrogen-bond acceptors (Lipinski definition) is 5. The Morgan fingerprint density at radius 1 is 0.349 bits per heavy atom. The summed E-state index contributed by atoms with van der Waals surface area (Å²) in [5.74, 6) is 0. The molecule has 0 aliphatic heterocycles. The van der Waals surface area contributed by atoms with E-state index in [4.69, 9.17) is 18.1 Å². The zero-order valence-corrected chi connectivity index (χ0v) is 44.5. The molecule has 8 nitrogen and oxygen atoms in total. The monoisotopic (exact) mass is 1080 g/mol. The van der Waals surface area contributed by atoms with Gasteiger partial charge in [0.05, 0.1) is 62.3 Å². The first-order valence-corrected chi connectivity index (χ1v) is 28.4. The number of aromatic nitrogens is 3. The fourth-order valence-corrected chi connectivity index (χ4v) is 15.5. The van der Waals surface area contributed by atoms with Crippen molar-refractivity contribution in [1.82, 2.24) is 13.7 Å². The molecule has 7 heterocycles. The summed E-state index contributed by atoms with van der Waals surface area (Å²) in [5.41, 5.74) is 14.0.